The molecule has 0 unspecified atom stereocenters. The number of nitrogens with zero attached hydrogens (tertiary/aromatic N) is 8. The number of nitriles is 2. The first kappa shape index (κ1) is 28.9. The van der Waals surface area contributed by atoms with E-state index in [1.807, 2.05) is 12.1 Å². The Balaban J connectivity index is 1.36. The predicted octanol–water partition coefficient (Wildman–Crippen LogP) is 7.27. The van der Waals surface area contributed by atoms with E-state index >= 15 is 0 Å². The third-order valence-corrected chi connectivity index (χ3v) is 8.23. The molecule has 7 aromatic rings. The molecule has 10 nitrogen and oxygen atoms in total. The topological polar surface area (TPSA) is 165 Å². The van der Waals surface area contributed by atoms with Gasteiger partial charge in [-0.05, 0) is 84.9 Å². The Kier molecular flexibility index (Phi) is 7.56. The number of para-hydroxylation sites is 2. The van der Waals surface area contributed by atoms with Crippen molar-refractivity contribution < 1.29 is 10.2 Å². The van der Waals surface area contributed by atoms with E-state index in [1.54, 1.807) is 97.1 Å². The highest BCUT2D eigenvalue weighted by Crippen LogP contribution is 2.36. The van der Waals surface area contributed by atoms with Crippen molar-refractivity contribution in [1.82, 2.24) is 29.9 Å². The van der Waals surface area contributed by atoms with E-state index in [0.29, 0.717) is 66.4 Å². The van der Waals surface area contributed by atoms with Gasteiger partial charge in [0, 0.05) is 11.1 Å². The van der Waals surface area contributed by atoms with Crippen molar-refractivity contribution in [2.45, 2.75) is 0 Å². The third-order valence-electron chi connectivity index (χ3n) is 7.15. The quantitative estimate of drug-likeness (QED) is 0.191. The van der Waals surface area contributed by atoms with Crippen LogP contribution in [0.3, 0.4) is 0 Å². The van der Waals surface area contributed by atoms with Gasteiger partial charge in [-0.25, -0.2) is 29.9 Å². The van der Waals surface area contributed by atoms with Crippen molar-refractivity contribution in [2.24, 2.45) is 0 Å². The van der Waals surface area contributed by atoms with Crippen molar-refractivity contribution in [3.05, 3.63) is 120 Å². The monoisotopic (exact) mass is 628 g/mol. The first-order valence-corrected chi connectivity index (χ1v) is 15.0. The number of phenols is 2. The summed E-state index contributed by atoms with van der Waals surface area (Å²) in [5.74, 6) is 2.11. The molecule has 47 heavy (non-hydrogen) atoms. The summed E-state index contributed by atoms with van der Waals surface area (Å²) in [7, 11) is 0. The maximum atomic E-state index is 10.6. The summed E-state index contributed by atoms with van der Waals surface area (Å²) >= 11 is 1.36. The van der Waals surface area contributed by atoms with Crippen molar-refractivity contribution in [3.63, 3.8) is 0 Å². The van der Waals surface area contributed by atoms with Crippen LogP contribution in [0.2, 0.25) is 0 Å². The van der Waals surface area contributed by atoms with Gasteiger partial charge in [-0.1, -0.05) is 24.3 Å². The molecule has 4 aromatic carbocycles. The standard InChI is InChI=1S/C36H20N8O2S/c37-19-21-9-13-23(14-10-21)31-39-33(25-5-1-3-7-27(25)45)43-35(41-31)29-17-18-30(47-29)36-42-32(24-15-11-22(20-38)12-16-24)40-34(44-36)26-6-2-4-8-28(26)46/h1-18,45-46H. The van der Waals surface area contributed by atoms with Crippen LogP contribution in [0.25, 0.3) is 67.0 Å². The lowest BCUT2D eigenvalue weighted by Crippen LogP contribution is -2.00. The zero-order chi connectivity index (χ0) is 32.3. The molecule has 0 saturated heterocycles. The summed E-state index contributed by atoms with van der Waals surface area (Å²) in [5.41, 5.74) is 3.26. The second kappa shape index (κ2) is 12.3. The van der Waals surface area contributed by atoms with E-state index in [2.05, 4.69) is 22.1 Å². The van der Waals surface area contributed by atoms with E-state index in [-0.39, 0.29) is 23.1 Å². The smallest absolute Gasteiger partial charge is 0.174 e. The van der Waals surface area contributed by atoms with Gasteiger partial charge in [0.25, 0.3) is 0 Å². The Bertz CT molecular complexity index is 2190. The first-order chi connectivity index (χ1) is 23.0. The van der Waals surface area contributed by atoms with Crippen LogP contribution < -0.4 is 0 Å². The molecule has 0 amide bonds. The Hall–Kier alpha value is -6.82. The van der Waals surface area contributed by atoms with Gasteiger partial charge >= 0.3 is 0 Å². The lowest BCUT2D eigenvalue weighted by atomic mass is 10.1. The molecule has 0 aliphatic heterocycles. The van der Waals surface area contributed by atoms with Crippen LogP contribution in [-0.4, -0.2) is 40.1 Å². The lowest BCUT2D eigenvalue weighted by molar-refractivity contribution is 0.476. The highest BCUT2D eigenvalue weighted by atomic mass is 32.1. The maximum absolute atomic E-state index is 10.6. The predicted molar refractivity (Wildman–Crippen MR) is 176 cm³/mol. The molecule has 2 N–H and O–H groups in total. The summed E-state index contributed by atoms with van der Waals surface area (Å²) in [6, 6.07) is 35.4. The van der Waals surface area contributed by atoms with Gasteiger partial charge in [0.15, 0.2) is 34.9 Å². The number of aromatic nitrogens is 6. The van der Waals surface area contributed by atoms with Crippen molar-refractivity contribution in [1.29, 1.82) is 10.5 Å². The number of aromatic hydroxyl groups is 2. The Morgan fingerprint density at radius 2 is 0.787 bits per heavy atom. The van der Waals surface area contributed by atoms with Crippen LogP contribution in [-0.2, 0) is 0 Å². The molecule has 3 aromatic heterocycles. The number of phenolic OH excluding ortho intramolecular Hbond substituents is 2. The van der Waals surface area contributed by atoms with Crippen LogP contribution in [0.4, 0.5) is 0 Å². The fourth-order valence-corrected chi connectivity index (χ4v) is 5.64. The number of rotatable bonds is 6. The maximum Gasteiger partial charge on any atom is 0.174 e. The number of thiophene rings is 1. The van der Waals surface area contributed by atoms with Gasteiger partial charge in [-0.15, -0.1) is 11.3 Å². The molecule has 0 bridgehead atoms. The molecule has 0 aliphatic rings. The Morgan fingerprint density at radius 1 is 0.426 bits per heavy atom. The van der Waals surface area contributed by atoms with E-state index in [0.717, 1.165) is 0 Å². The van der Waals surface area contributed by atoms with E-state index in [9.17, 15) is 20.7 Å². The first-order valence-electron chi connectivity index (χ1n) is 14.2. The molecule has 0 saturated carbocycles. The van der Waals surface area contributed by atoms with Gasteiger partial charge in [0.05, 0.1) is 44.1 Å². The minimum Gasteiger partial charge on any atom is -0.507 e. The van der Waals surface area contributed by atoms with Crippen LogP contribution in [0.5, 0.6) is 11.5 Å². The SMILES string of the molecule is N#Cc1ccc(-c2nc(-c3ccc(-c4nc(-c5ccc(C#N)cc5)nc(-c5ccccc5O)n4)s3)nc(-c3ccccc3O)n2)cc1. The molecule has 0 aliphatic carbocycles. The average Bonchev–Trinajstić information content (AvgIpc) is 3.63. The van der Waals surface area contributed by atoms with Crippen molar-refractivity contribution in [2.75, 3.05) is 0 Å². The Labute approximate surface area is 272 Å². The molecule has 3 heterocycles. The zero-order valence-electron chi connectivity index (χ0n) is 24.3. The molecular formula is C36H20N8O2S. The molecule has 11 heteroatoms. The minimum atomic E-state index is 0.0273. The van der Waals surface area contributed by atoms with Crippen LogP contribution in [0, 0.1) is 22.7 Å². The lowest BCUT2D eigenvalue weighted by Gasteiger charge is -2.09. The number of hydrogen-bond donors (Lipinski definition) is 2. The van der Waals surface area contributed by atoms with Crippen LogP contribution in [0.1, 0.15) is 11.1 Å². The molecule has 222 valence electrons. The largest absolute Gasteiger partial charge is 0.507 e. The number of benzene rings is 4. The second-order valence-electron chi connectivity index (χ2n) is 10.2. The highest BCUT2D eigenvalue weighted by Gasteiger charge is 2.19. The summed E-state index contributed by atoms with van der Waals surface area (Å²) in [4.78, 5) is 29.7. The van der Waals surface area contributed by atoms with E-state index in [4.69, 9.17) is 19.9 Å². The van der Waals surface area contributed by atoms with Crippen molar-refractivity contribution in [3.8, 4) is 90.6 Å². The highest BCUT2D eigenvalue weighted by molar-refractivity contribution is 7.18. The normalized spacial score (nSPS) is 10.7. The van der Waals surface area contributed by atoms with Gasteiger partial charge in [-0.2, -0.15) is 10.5 Å². The summed E-state index contributed by atoms with van der Waals surface area (Å²) < 4.78 is 0. The molecule has 0 radical (unpaired) electrons. The average molecular weight is 629 g/mol. The second-order valence-corrected chi connectivity index (χ2v) is 11.3. The third kappa shape index (κ3) is 5.85. The van der Waals surface area contributed by atoms with Crippen molar-refractivity contribution >= 4 is 11.3 Å². The van der Waals surface area contributed by atoms with Crippen LogP contribution >= 0.6 is 11.3 Å². The van der Waals surface area contributed by atoms with Gasteiger partial charge in [0.1, 0.15) is 11.5 Å². The van der Waals surface area contributed by atoms with Gasteiger partial charge in [-0.3, -0.25) is 0 Å². The molecule has 0 atom stereocenters. The van der Waals surface area contributed by atoms with Crippen LogP contribution in [0.15, 0.2) is 109 Å². The number of hydrogen-bond acceptors (Lipinski definition) is 11. The van der Waals surface area contributed by atoms with E-state index in [1.165, 1.54) is 11.3 Å². The molecule has 0 spiro atoms. The summed E-state index contributed by atoms with van der Waals surface area (Å²) in [5, 5.41) is 39.7. The molecule has 0 fully saturated rings. The zero-order valence-corrected chi connectivity index (χ0v) is 25.1. The fraction of sp³-hybridized carbons (Fsp3) is 0. The minimum absolute atomic E-state index is 0.0273. The molecular weight excluding hydrogens is 609 g/mol. The van der Waals surface area contributed by atoms with Gasteiger partial charge in [0.2, 0.25) is 0 Å². The molecule has 7 rings (SSSR count). The summed E-state index contributed by atoms with van der Waals surface area (Å²) in [6.45, 7) is 0. The fourth-order valence-electron chi connectivity index (χ4n) is 4.76. The van der Waals surface area contributed by atoms with E-state index < -0.39 is 0 Å². The summed E-state index contributed by atoms with van der Waals surface area (Å²) in [6.07, 6.45) is 0. The van der Waals surface area contributed by atoms with Gasteiger partial charge < -0.3 is 10.2 Å². The Morgan fingerprint density at radius 3 is 1.17 bits per heavy atom.